The van der Waals surface area contributed by atoms with Crippen molar-refractivity contribution >= 4 is 23.6 Å². The van der Waals surface area contributed by atoms with Gasteiger partial charge in [0.05, 0.1) is 19.8 Å². The molecule has 11 nitrogen and oxygen atoms in total. The van der Waals surface area contributed by atoms with E-state index in [-0.39, 0.29) is 31.1 Å². The molecule has 0 rings (SSSR count). The number of carbonyl (C=O) groups excluding carboxylic acids is 4. The molecule has 0 aromatic carbocycles. The predicted molar refractivity (Wildman–Crippen MR) is 134 cm³/mol. The lowest BCUT2D eigenvalue weighted by atomic mass is 10.5. The Labute approximate surface area is 201 Å². The summed E-state index contributed by atoms with van der Waals surface area (Å²) in [6.45, 7) is 12.8. The standard InChI is InChI=1S/C7H15NO3.C6H14N2O.C5H11NO.C3H7NO.CH4/c1-7(9)8-3-4-11-6-5-10-2;1-6(9)7-4-5-8(2)3;1-3-4-6-5(2)7;1-3(5)4-2;/h3-6H2,1-2H3,(H,8,9);4-5H2,1-3H3,(H,7,9);3-4H2,1-2H3,(H,6,7);1-2H3,(H,4,5);1H4. The van der Waals surface area contributed by atoms with Gasteiger partial charge in [0.2, 0.25) is 23.6 Å². The number of likely N-dealkylation sites (N-methyl/N-ethyl adjacent to an activating group) is 1. The Balaban J connectivity index is -0.000000108. The van der Waals surface area contributed by atoms with Gasteiger partial charge in [-0.2, -0.15) is 0 Å². The summed E-state index contributed by atoms with van der Waals surface area (Å²) in [6.07, 6.45) is 1.01. The highest BCUT2D eigenvalue weighted by Gasteiger charge is 1.91. The monoisotopic (exact) mass is 481 g/mol. The molecule has 4 N–H and O–H groups in total. The summed E-state index contributed by atoms with van der Waals surface area (Å²) < 4.78 is 9.84. The first-order valence-corrected chi connectivity index (χ1v) is 10.6. The number of carbonyl (C=O) groups is 4. The largest absolute Gasteiger partial charge is 0.382 e. The molecule has 200 valence electrons. The minimum Gasteiger partial charge on any atom is -0.382 e. The Morgan fingerprint density at radius 1 is 0.727 bits per heavy atom. The van der Waals surface area contributed by atoms with Crippen LogP contribution in [0, 0.1) is 0 Å². The molecule has 0 saturated heterocycles. The molecule has 4 amide bonds. The Morgan fingerprint density at radius 3 is 1.45 bits per heavy atom. The van der Waals surface area contributed by atoms with Gasteiger partial charge in [0.15, 0.2) is 0 Å². The molecule has 0 aromatic heterocycles. The number of nitrogens with zero attached hydrogens (tertiary/aromatic N) is 1. The van der Waals surface area contributed by atoms with Gasteiger partial charge in [-0.05, 0) is 20.5 Å². The second kappa shape index (κ2) is 34.4. The first-order valence-electron chi connectivity index (χ1n) is 10.6. The number of amides is 4. The van der Waals surface area contributed by atoms with Gasteiger partial charge in [0.1, 0.15) is 0 Å². The Hall–Kier alpha value is -2.24. The number of ether oxygens (including phenoxy) is 2. The Morgan fingerprint density at radius 2 is 1.15 bits per heavy atom. The van der Waals surface area contributed by atoms with E-state index in [2.05, 4.69) is 21.3 Å². The van der Waals surface area contributed by atoms with E-state index in [1.807, 2.05) is 25.9 Å². The SMILES string of the molecule is C.CC(=O)NCCN(C)C.CCCNC(C)=O.CNC(C)=O.COCCOCCNC(C)=O. The van der Waals surface area contributed by atoms with E-state index in [0.717, 1.165) is 26.1 Å². The van der Waals surface area contributed by atoms with Crippen molar-refractivity contribution in [1.29, 1.82) is 0 Å². The number of hydrogen-bond donors (Lipinski definition) is 4. The fraction of sp³-hybridized carbons (Fsp3) is 0.818. The van der Waals surface area contributed by atoms with Crippen molar-refractivity contribution in [3.05, 3.63) is 0 Å². The van der Waals surface area contributed by atoms with Gasteiger partial charge in [0, 0.05) is 68.0 Å². The summed E-state index contributed by atoms with van der Waals surface area (Å²) in [7, 11) is 7.17. The van der Waals surface area contributed by atoms with Gasteiger partial charge in [0.25, 0.3) is 0 Å². The lowest BCUT2D eigenvalue weighted by Gasteiger charge is -2.08. The van der Waals surface area contributed by atoms with Crippen molar-refractivity contribution in [2.24, 2.45) is 0 Å². The van der Waals surface area contributed by atoms with Crippen LogP contribution in [0.1, 0.15) is 48.5 Å². The zero-order valence-corrected chi connectivity index (χ0v) is 21.6. The van der Waals surface area contributed by atoms with Crippen LogP contribution < -0.4 is 21.3 Å². The fourth-order valence-electron chi connectivity index (χ4n) is 1.30. The van der Waals surface area contributed by atoms with Crippen molar-refractivity contribution in [3.63, 3.8) is 0 Å². The quantitative estimate of drug-likeness (QED) is 0.313. The average molecular weight is 482 g/mol. The minimum absolute atomic E-state index is 0. The Bertz CT molecular complexity index is 463. The molecule has 0 spiro atoms. The summed E-state index contributed by atoms with van der Waals surface area (Å²) in [5, 5.41) is 10.4. The van der Waals surface area contributed by atoms with Crippen molar-refractivity contribution in [2.45, 2.75) is 48.5 Å². The molecule has 0 fully saturated rings. The maximum absolute atomic E-state index is 10.3. The molecule has 0 aromatic rings. The zero-order chi connectivity index (χ0) is 25.8. The van der Waals surface area contributed by atoms with Gasteiger partial charge in [-0.3, -0.25) is 19.2 Å². The number of nitrogens with one attached hydrogen (secondary N) is 4. The van der Waals surface area contributed by atoms with Gasteiger partial charge in [-0.25, -0.2) is 0 Å². The maximum Gasteiger partial charge on any atom is 0.216 e. The van der Waals surface area contributed by atoms with Crippen LogP contribution in [0.3, 0.4) is 0 Å². The summed E-state index contributed by atoms with van der Waals surface area (Å²) in [5.41, 5.74) is 0. The topological polar surface area (TPSA) is 138 Å². The molecule has 0 aliphatic heterocycles. The first kappa shape index (κ1) is 41.1. The van der Waals surface area contributed by atoms with E-state index >= 15 is 0 Å². The van der Waals surface area contributed by atoms with E-state index in [9.17, 15) is 19.2 Å². The highest BCUT2D eigenvalue weighted by atomic mass is 16.5. The van der Waals surface area contributed by atoms with E-state index < -0.39 is 0 Å². The van der Waals surface area contributed by atoms with E-state index in [4.69, 9.17) is 9.47 Å². The highest BCUT2D eigenvalue weighted by Crippen LogP contribution is 1.74. The molecule has 0 aliphatic carbocycles. The van der Waals surface area contributed by atoms with E-state index in [1.165, 1.54) is 27.7 Å². The second-order valence-corrected chi connectivity index (χ2v) is 6.66. The normalized spacial score (nSPS) is 8.67. The molecule has 0 atom stereocenters. The highest BCUT2D eigenvalue weighted by molar-refractivity contribution is 5.73. The van der Waals surface area contributed by atoms with Crippen LogP contribution in [0.2, 0.25) is 0 Å². The lowest BCUT2D eigenvalue weighted by Crippen LogP contribution is -2.29. The second-order valence-electron chi connectivity index (χ2n) is 6.66. The molecule has 0 aliphatic rings. The lowest BCUT2D eigenvalue weighted by molar-refractivity contribution is -0.120. The Kier molecular flexibility index (Phi) is 42.8. The zero-order valence-electron chi connectivity index (χ0n) is 21.6. The smallest absolute Gasteiger partial charge is 0.216 e. The minimum atomic E-state index is -0.0275. The molecular weight excluding hydrogens is 430 g/mol. The molecule has 0 saturated carbocycles. The summed E-state index contributed by atoms with van der Waals surface area (Å²) in [5.74, 6) is 0.0732. The first-order chi connectivity index (χ1) is 14.9. The molecule has 0 bridgehead atoms. The van der Waals surface area contributed by atoms with Crippen LogP contribution in [0.15, 0.2) is 0 Å². The van der Waals surface area contributed by atoms with Crippen LogP contribution in [-0.4, -0.2) is 103 Å². The number of rotatable bonds is 11. The van der Waals surface area contributed by atoms with Gasteiger partial charge < -0.3 is 35.6 Å². The van der Waals surface area contributed by atoms with Crippen LogP contribution in [0.25, 0.3) is 0 Å². The molecule has 33 heavy (non-hydrogen) atoms. The van der Waals surface area contributed by atoms with Crippen molar-refractivity contribution in [2.75, 3.05) is 74.3 Å². The third-order valence-corrected chi connectivity index (χ3v) is 2.96. The average Bonchev–Trinajstić information content (AvgIpc) is 2.69. The molecular formula is C22H51N5O6. The van der Waals surface area contributed by atoms with E-state index in [1.54, 1.807) is 14.2 Å². The van der Waals surface area contributed by atoms with Crippen LogP contribution >= 0.6 is 0 Å². The summed E-state index contributed by atoms with van der Waals surface area (Å²) >= 11 is 0. The van der Waals surface area contributed by atoms with Gasteiger partial charge in [-0.15, -0.1) is 0 Å². The van der Waals surface area contributed by atoms with Gasteiger partial charge in [-0.1, -0.05) is 14.4 Å². The van der Waals surface area contributed by atoms with Crippen molar-refractivity contribution in [3.8, 4) is 0 Å². The van der Waals surface area contributed by atoms with Gasteiger partial charge >= 0.3 is 0 Å². The predicted octanol–water partition coefficient (Wildman–Crippen LogP) is 0.391. The van der Waals surface area contributed by atoms with Crippen LogP contribution in [0.4, 0.5) is 0 Å². The molecule has 0 radical (unpaired) electrons. The van der Waals surface area contributed by atoms with E-state index in [0.29, 0.717) is 26.4 Å². The molecule has 0 heterocycles. The summed E-state index contributed by atoms with van der Waals surface area (Å²) in [6, 6.07) is 0. The molecule has 0 unspecified atom stereocenters. The van der Waals surface area contributed by atoms with Crippen LogP contribution in [0.5, 0.6) is 0 Å². The van der Waals surface area contributed by atoms with Crippen molar-refractivity contribution < 1.29 is 28.7 Å². The number of hydrogen-bond acceptors (Lipinski definition) is 7. The fourth-order valence-corrected chi connectivity index (χ4v) is 1.30. The van der Waals surface area contributed by atoms with Crippen molar-refractivity contribution in [1.82, 2.24) is 26.2 Å². The third kappa shape index (κ3) is 72.7. The molecule has 11 heteroatoms. The number of methoxy groups -OCH3 is 1. The maximum atomic E-state index is 10.3. The summed E-state index contributed by atoms with van der Waals surface area (Å²) in [4.78, 5) is 42.5. The van der Waals surface area contributed by atoms with Crippen LogP contribution in [-0.2, 0) is 28.7 Å². The third-order valence-electron chi connectivity index (χ3n) is 2.96.